The molecule has 86 valence electrons. The minimum atomic E-state index is -3.61. The van der Waals surface area contributed by atoms with E-state index in [4.69, 9.17) is 23.1 Å². The van der Waals surface area contributed by atoms with Crippen LogP contribution in [0.5, 0.6) is 0 Å². The van der Waals surface area contributed by atoms with Crippen LogP contribution in [0.3, 0.4) is 0 Å². The first-order chi connectivity index (χ1) is 7.39. The molecule has 1 fully saturated rings. The number of nitrogens with two attached hydrogens (primary N) is 2. The van der Waals surface area contributed by atoms with Crippen molar-refractivity contribution in [1.29, 1.82) is 0 Å². The maximum Gasteiger partial charge on any atom is 0.238 e. The number of hydrogen-bond donors (Lipinski definition) is 2. The lowest BCUT2D eigenvalue weighted by molar-refractivity contribution is 0.598. The number of sulfonamides is 1. The molecule has 0 radical (unpaired) electrons. The van der Waals surface area contributed by atoms with Gasteiger partial charge in [-0.1, -0.05) is 24.4 Å². The van der Waals surface area contributed by atoms with E-state index in [1.165, 1.54) is 12.1 Å². The highest BCUT2D eigenvalue weighted by Gasteiger charge is 2.40. The van der Waals surface area contributed by atoms with Crippen molar-refractivity contribution in [3.63, 3.8) is 0 Å². The van der Waals surface area contributed by atoms with Crippen molar-refractivity contribution >= 4 is 27.2 Å². The fraction of sp³-hybridized carbons (Fsp3) is 0.300. The Kier molecular flexibility index (Phi) is 2.73. The van der Waals surface area contributed by atoms with E-state index in [0.717, 1.165) is 12.0 Å². The van der Waals surface area contributed by atoms with E-state index in [9.17, 15) is 8.42 Å². The van der Waals surface area contributed by atoms with Crippen LogP contribution in [0.2, 0.25) is 0 Å². The van der Waals surface area contributed by atoms with Crippen molar-refractivity contribution in [1.82, 2.24) is 0 Å². The Morgan fingerprint density at radius 1 is 1.31 bits per heavy atom. The number of benzene rings is 1. The first kappa shape index (κ1) is 11.5. The predicted molar refractivity (Wildman–Crippen MR) is 65.4 cm³/mol. The Morgan fingerprint density at radius 2 is 1.88 bits per heavy atom. The maximum atomic E-state index is 11.0. The van der Waals surface area contributed by atoms with E-state index in [-0.39, 0.29) is 10.8 Å². The van der Waals surface area contributed by atoms with Crippen LogP contribution < -0.4 is 10.9 Å². The molecule has 1 aliphatic carbocycles. The topological polar surface area (TPSA) is 86.2 Å². The predicted octanol–water partition coefficient (Wildman–Crippen LogP) is 0.724. The van der Waals surface area contributed by atoms with Gasteiger partial charge in [-0.2, -0.15) is 0 Å². The average molecular weight is 256 g/mol. The van der Waals surface area contributed by atoms with Gasteiger partial charge in [-0.25, -0.2) is 13.6 Å². The van der Waals surface area contributed by atoms with Crippen LogP contribution >= 0.6 is 12.2 Å². The van der Waals surface area contributed by atoms with Gasteiger partial charge in [0.1, 0.15) is 0 Å². The molecule has 0 aromatic heterocycles. The fourth-order valence-electron chi connectivity index (χ4n) is 1.78. The second kappa shape index (κ2) is 3.80. The Morgan fingerprint density at radius 3 is 2.25 bits per heavy atom. The van der Waals surface area contributed by atoms with E-state index < -0.39 is 10.0 Å². The van der Waals surface area contributed by atoms with Crippen molar-refractivity contribution in [3.8, 4) is 0 Å². The third-order valence-electron chi connectivity index (χ3n) is 2.79. The monoisotopic (exact) mass is 256 g/mol. The highest BCUT2D eigenvalue weighted by molar-refractivity contribution is 7.89. The van der Waals surface area contributed by atoms with E-state index >= 15 is 0 Å². The molecule has 1 aliphatic rings. The van der Waals surface area contributed by atoms with Gasteiger partial charge in [0, 0.05) is 5.92 Å². The van der Waals surface area contributed by atoms with E-state index in [1.54, 1.807) is 12.1 Å². The van der Waals surface area contributed by atoms with Crippen LogP contribution in [-0.4, -0.2) is 13.4 Å². The second-order valence-corrected chi connectivity index (χ2v) is 6.00. The maximum absolute atomic E-state index is 11.0. The average Bonchev–Trinajstić information content (AvgIpc) is 2.96. The molecule has 4 N–H and O–H groups in total. The van der Waals surface area contributed by atoms with E-state index in [2.05, 4.69) is 0 Å². The zero-order chi connectivity index (χ0) is 11.9. The van der Waals surface area contributed by atoms with Gasteiger partial charge < -0.3 is 5.73 Å². The lowest BCUT2D eigenvalue weighted by atomic mass is 10.1. The summed E-state index contributed by atoms with van der Waals surface area (Å²) in [5.74, 6) is 0.599. The van der Waals surface area contributed by atoms with Gasteiger partial charge in [0.25, 0.3) is 0 Å². The zero-order valence-electron chi connectivity index (χ0n) is 8.46. The van der Waals surface area contributed by atoms with Crippen molar-refractivity contribution in [2.45, 2.75) is 17.2 Å². The molecule has 4 nitrogen and oxygen atoms in total. The van der Waals surface area contributed by atoms with Crippen LogP contribution in [0.15, 0.2) is 29.2 Å². The van der Waals surface area contributed by atoms with Crippen molar-refractivity contribution in [2.24, 2.45) is 16.8 Å². The lowest BCUT2D eigenvalue weighted by Crippen LogP contribution is -2.12. The Balaban J connectivity index is 2.19. The molecule has 2 atom stereocenters. The fourth-order valence-corrected chi connectivity index (χ4v) is 2.56. The summed E-state index contributed by atoms with van der Waals surface area (Å²) in [7, 11) is -3.61. The van der Waals surface area contributed by atoms with Crippen LogP contribution in [0.1, 0.15) is 17.9 Å². The van der Waals surface area contributed by atoms with Crippen LogP contribution in [0.4, 0.5) is 0 Å². The molecule has 0 unspecified atom stereocenters. The zero-order valence-corrected chi connectivity index (χ0v) is 10.1. The highest BCUT2D eigenvalue weighted by atomic mass is 32.2. The molecule has 1 aromatic rings. The highest BCUT2D eigenvalue weighted by Crippen LogP contribution is 2.47. The second-order valence-electron chi connectivity index (χ2n) is 3.97. The molecule has 0 heterocycles. The largest absolute Gasteiger partial charge is 0.393 e. The van der Waals surface area contributed by atoms with Gasteiger partial charge in [-0.3, -0.25) is 0 Å². The van der Waals surface area contributed by atoms with Gasteiger partial charge in [0.05, 0.1) is 9.88 Å². The number of rotatable bonds is 3. The number of hydrogen-bond acceptors (Lipinski definition) is 3. The quantitative estimate of drug-likeness (QED) is 0.780. The summed E-state index contributed by atoms with van der Waals surface area (Å²) in [4.78, 5) is 0.657. The van der Waals surface area contributed by atoms with Crippen molar-refractivity contribution in [3.05, 3.63) is 29.8 Å². The van der Waals surface area contributed by atoms with Crippen LogP contribution in [-0.2, 0) is 10.0 Å². The smallest absolute Gasteiger partial charge is 0.238 e. The molecular formula is C10H12N2O2S2. The van der Waals surface area contributed by atoms with Gasteiger partial charge in [-0.15, -0.1) is 0 Å². The summed E-state index contributed by atoms with van der Waals surface area (Å²) in [6.07, 6.45) is 0.948. The van der Waals surface area contributed by atoms with Gasteiger partial charge >= 0.3 is 0 Å². The van der Waals surface area contributed by atoms with Crippen molar-refractivity contribution in [2.75, 3.05) is 0 Å². The summed E-state index contributed by atoms with van der Waals surface area (Å²) < 4.78 is 22.1. The van der Waals surface area contributed by atoms with Gasteiger partial charge in [0.2, 0.25) is 10.0 Å². The third-order valence-corrected chi connectivity index (χ3v) is 4.02. The molecule has 0 aliphatic heterocycles. The first-order valence-electron chi connectivity index (χ1n) is 4.81. The Labute approximate surface area is 99.7 Å². The summed E-state index contributed by atoms with van der Waals surface area (Å²) >= 11 is 4.91. The molecule has 2 rings (SSSR count). The normalized spacial score (nSPS) is 24.1. The third kappa shape index (κ3) is 2.23. The standard InChI is InChI=1S/C10H12N2O2S2/c11-10(15)9-5-8(9)6-1-3-7(4-2-6)16(12,13)14/h1-4,8-9H,5H2,(H2,11,15)(H2,12,13,14)/t8-,9+/m0/s1. The molecule has 1 saturated carbocycles. The molecule has 0 bridgehead atoms. The summed E-state index contributed by atoms with van der Waals surface area (Å²) in [5, 5.41) is 5.01. The summed E-state index contributed by atoms with van der Waals surface area (Å²) in [6.45, 7) is 0. The lowest BCUT2D eigenvalue weighted by Gasteiger charge is -2.01. The molecule has 0 amide bonds. The van der Waals surface area contributed by atoms with E-state index in [0.29, 0.717) is 10.9 Å². The van der Waals surface area contributed by atoms with Gasteiger partial charge in [-0.05, 0) is 30.0 Å². The first-order valence-corrected chi connectivity index (χ1v) is 6.77. The van der Waals surface area contributed by atoms with Crippen LogP contribution in [0.25, 0.3) is 0 Å². The van der Waals surface area contributed by atoms with E-state index in [1.807, 2.05) is 0 Å². The SMILES string of the molecule is NC(=S)[C@@H]1C[C@H]1c1ccc(S(N)(=O)=O)cc1. The molecule has 16 heavy (non-hydrogen) atoms. The molecule has 0 saturated heterocycles. The Hall–Kier alpha value is -0.980. The van der Waals surface area contributed by atoms with Gasteiger partial charge in [0.15, 0.2) is 0 Å². The number of primary sulfonamides is 1. The number of thiocarbonyl (C=S) groups is 1. The minimum Gasteiger partial charge on any atom is -0.393 e. The van der Waals surface area contributed by atoms with Crippen LogP contribution in [0, 0.1) is 5.92 Å². The Bertz CT molecular complexity index is 522. The molecule has 1 aromatic carbocycles. The molecule has 6 heteroatoms. The summed E-state index contributed by atoms with van der Waals surface area (Å²) in [6, 6.07) is 6.56. The summed E-state index contributed by atoms with van der Waals surface area (Å²) in [5.41, 5.74) is 6.60. The van der Waals surface area contributed by atoms with Crippen molar-refractivity contribution < 1.29 is 8.42 Å². The molecular weight excluding hydrogens is 244 g/mol. The molecule has 0 spiro atoms. The minimum absolute atomic E-state index is 0.128.